The predicted molar refractivity (Wildman–Crippen MR) is 103 cm³/mol. The number of nitrogens with zero attached hydrogens (tertiary/aromatic N) is 3. The lowest BCUT2D eigenvalue weighted by atomic mass is 10.1. The van der Waals surface area contributed by atoms with Crippen molar-refractivity contribution in [3.63, 3.8) is 0 Å². The Labute approximate surface area is 163 Å². The van der Waals surface area contributed by atoms with Crippen LogP contribution < -0.4 is 0 Å². The molecule has 1 aromatic heterocycles. The van der Waals surface area contributed by atoms with Crippen molar-refractivity contribution in [2.45, 2.75) is 51.6 Å². The summed E-state index contributed by atoms with van der Waals surface area (Å²) in [6, 6.07) is 7.23. The maximum atomic E-state index is 12.8. The van der Waals surface area contributed by atoms with Gasteiger partial charge in [0.1, 0.15) is 11.3 Å². The van der Waals surface area contributed by atoms with Crippen LogP contribution in [0.25, 0.3) is 11.0 Å². The molecular formula is C21H25N3O4. The molecule has 1 aliphatic carbocycles. The number of urea groups is 1. The first-order valence-electron chi connectivity index (χ1n) is 9.88. The van der Waals surface area contributed by atoms with Crippen molar-refractivity contribution in [3.8, 4) is 0 Å². The van der Waals surface area contributed by atoms with Gasteiger partial charge in [-0.25, -0.2) is 9.69 Å². The minimum atomic E-state index is -0.725. The minimum absolute atomic E-state index is 0.0787. The van der Waals surface area contributed by atoms with Crippen molar-refractivity contribution in [1.29, 1.82) is 0 Å². The number of hydrogen-bond acceptors (Lipinski definition) is 5. The molecule has 0 N–H and O–H groups in total. The fourth-order valence-corrected chi connectivity index (χ4v) is 4.30. The van der Waals surface area contributed by atoms with E-state index in [1.165, 1.54) is 4.90 Å². The third-order valence-electron chi connectivity index (χ3n) is 5.69. The zero-order valence-corrected chi connectivity index (χ0v) is 16.3. The summed E-state index contributed by atoms with van der Waals surface area (Å²) in [6.07, 6.45) is 4.31. The normalized spacial score (nSPS) is 18.5. The molecule has 148 valence electrons. The average Bonchev–Trinajstić information content (AvgIpc) is 3.38. The fraction of sp³-hybridized carbons (Fsp3) is 0.476. The first kappa shape index (κ1) is 18.7. The van der Waals surface area contributed by atoms with Crippen LogP contribution in [-0.4, -0.2) is 52.3 Å². The van der Waals surface area contributed by atoms with Crippen molar-refractivity contribution in [1.82, 2.24) is 14.7 Å². The molecule has 1 saturated heterocycles. The zero-order valence-electron chi connectivity index (χ0n) is 16.3. The molecule has 28 heavy (non-hydrogen) atoms. The Morgan fingerprint density at radius 1 is 1.11 bits per heavy atom. The fourth-order valence-electron chi connectivity index (χ4n) is 4.30. The number of para-hydroxylation sites is 1. The van der Waals surface area contributed by atoms with Crippen LogP contribution >= 0.6 is 0 Å². The number of rotatable bonds is 6. The van der Waals surface area contributed by atoms with Crippen LogP contribution in [0, 0.1) is 0 Å². The summed E-state index contributed by atoms with van der Waals surface area (Å²) in [5, 5.41) is 1.04. The summed E-state index contributed by atoms with van der Waals surface area (Å²) in [5.74, 6) is -0.513. The summed E-state index contributed by atoms with van der Waals surface area (Å²) in [5.41, 5.74) is 1.89. The lowest BCUT2D eigenvalue weighted by Crippen LogP contribution is -2.42. The van der Waals surface area contributed by atoms with Gasteiger partial charge in [0.05, 0.1) is 6.67 Å². The number of aryl methyl sites for hydroxylation is 1. The van der Waals surface area contributed by atoms with Crippen molar-refractivity contribution in [2.75, 3.05) is 13.7 Å². The number of furan rings is 1. The summed E-state index contributed by atoms with van der Waals surface area (Å²) in [7, 11) is 1.84. The molecule has 0 atom stereocenters. The highest BCUT2D eigenvalue weighted by Crippen LogP contribution is 2.29. The highest BCUT2D eigenvalue weighted by Gasteiger charge is 2.48. The molecule has 0 radical (unpaired) electrons. The maximum Gasteiger partial charge on any atom is 0.335 e. The highest BCUT2D eigenvalue weighted by molar-refractivity contribution is 6.44. The van der Waals surface area contributed by atoms with Crippen LogP contribution in [0.2, 0.25) is 0 Å². The van der Waals surface area contributed by atoms with Crippen molar-refractivity contribution >= 4 is 28.8 Å². The Morgan fingerprint density at radius 2 is 1.82 bits per heavy atom. The third-order valence-corrected chi connectivity index (χ3v) is 5.69. The van der Waals surface area contributed by atoms with E-state index in [2.05, 4.69) is 0 Å². The van der Waals surface area contributed by atoms with Crippen LogP contribution in [0.5, 0.6) is 0 Å². The van der Waals surface area contributed by atoms with Crippen molar-refractivity contribution in [3.05, 3.63) is 35.6 Å². The molecular weight excluding hydrogens is 358 g/mol. The molecule has 0 unspecified atom stereocenters. The summed E-state index contributed by atoms with van der Waals surface area (Å²) in [6.45, 7) is 2.64. The number of amides is 4. The van der Waals surface area contributed by atoms with E-state index in [4.69, 9.17) is 4.42 Å². The van der Waals surface area contributed by atoms with E-state index in [9.17, 15) is 14.4 Å². The van der Waals surface area contributed by atoms with Crippen LogP contribution in [0.15, 0.2) is 28.7 Å². The van der Waals surface area contributed by atoms with E-state index >= 15 is 0 Å². The van der Waals surface area contributed by atoms with Crippen LogP contribution in [0.4, 0.5) is 4.79 Å². The molecule has 4 rings (SSSR count). The van der Waals surface area contributed by atoms with Crippen LogP contribution in [-0.2, 0) is 22.6 Å². The van der Waals surface area contributed by atoms with Gasteiger partial charge in [-0.05, 0) is 26.0 Å². The first-order valence-corrected chi connectivity index (χ1v) is 9.88. The standard InChI is InChI=1S/C21H25N3O4/c1-3-17-16(15-10-6-7-11-18(15)28-17)12-22(2)13-23-19(25)20(26)24(21(23)27)14-8-4-5-9-14/h6-7,10-11,14H,3-5,8-9,12-13H2,1-2H3. The summed E-state index contributed by atoms with van der Waals surface area (Å²) < 4.78 is 5.93. The summed E-state index contributed by atoms with van der Waals surface area (Å²) in [4.78, 5) is 41.7. The Kier molecular flexibility index (Phi) is 4.93. The number of hydrogen-bond donors (Lipinski definition) is 0. The highest BCUT2D eigenvalue weighted by atomic mass is 16.3. The Bertz CT molecular complexity index is 929. The van der Waals surface area contributed by atoms with E-state index in [0.29, 0.717) is 6.54 Å². The molecule has 2 heterocycles. The molecule has 0 bridgehead atoms. The first-order chi connectivity index (χ1) is 13.5. The van der Waals surface area contributed by atoms with Gasteiger partial charge in [0.25, 0.3) is 0 Å². The minimum Gasteiger partial charge on any atom is -0.461 e. The van der Waals surface area contributed by atoms with E-state index in [1.54, 1.807) is 0 Å². The number of carbonyl (C=O) groups excluding carboxylic acids is 3. The number of fused-ring (bicyclic) bond motifs is 1. The van der Waals surface area contributed by atoms with E-state index in [-0.39, 0.29) is 12.7 Å². The molecule has 1 saturated carbocycles. The number of benzene rings is 1. The molecule has 1 aromatic carbocycles. The van der Waals surface area contributed by atoms with E-state index in [0.717, 1.165) is 59.3 Å². The maximum absolute atomic E-state index is 12.8. The van der Waals surface area contributed by atoms with Gasteiger partial charge < -0.3 is 4.42 Å². The second kappa shape index (κ2) is 7.39. The molecule has 2 aliphatic rings. The molecule has 2 aromatic rings. The summed E-state index contributed by atoms with van der Waals surface area (Å²) >= 11 is 0. The molecule has 4 amide bonds. The smallest absolute Gasteiger partial charge is 0.335 e. The van der Waals surface area contributed by atoms with Gasteiger partial charge in [0.15, 0.2) is 0 Å². The zero-order chi connectivity index (χ0) is 19.8. The monoisotopic (exact) mass is 383 g/mol. The largest absolute Gasteiger partial charge is 0.461 e. The van der Waals surface area contributed by atoms with Gasteiger partial charge in [0.2, 0.25) is 0 Å². The van der Waals surface area contributed by atoms with Gasteiger partial charge in [-0.1, -0.05) is 38.0 Å². The molecule has 7 heteroatoms. The Hall–Kier alpha value is -2.67. The number of carbonyl (C=O) groups is 3. The molecule has 0 spiro atoms. The Balaban J connectivity index is 1.51. The second-order valence-electron chi connectivity index (χ2n) is 7.64. The van der Waals surface area contributed by atoms with Gasteiger partial charge in [-0.3, -0.25) is 19.4 Å². The van der Waals surface area contributed by atoms with Gasteiger partial charge in [0, 0.05) is 30.0 Å². The van der Waals surface area contributed by atoms with Crippen LogP contribution in [0.3, 0.4) is 0 Å². The SMILES string of the molecule is CCc1oc2ccccc2c1CN(C)CN1C(=O)C(=O)N(C2CCCC2)C1=O. The predicted octanol–water partition coefficient (Wildman–Crippen LogP) is 3.12. The Morgan fingerprint density at radius 3 is 2.54 bits per heavy atom. The second-order valence-corrected chi connectivity index (χ2v) is 7.64. The average molecular weight is 383 g/mol. The molecule has 7 nitrogen and oxygen atoms in total. The molecule has 2 fully saturated rings. The van der Waals surface area contributed by atoms with Crippen molar-refractivity contribution in [2.24, 2.45) is 0 Å². The van der Waals surface area contributed by atoms with Crippen molar-refractivity contribution < 1.29 is 18.8 Å². The van der Waals surface area contributed by atoms with Gasteiger partial charge in [-0.15, -0.1) is 0 Å². The molecule has 1 aliphatic heterocycles. The quantitative estimate of drug-likeness (QED) is 0.566. The van der Waals surface area contributed by atoms with Gasteiger partial charge >= 0.3 is 17.8 Å². The third kappa shape index (κ3) is 3.09. The van der Waals surface area contributed by atoms with Crippen LogP contribution in [0.1, 0.15) is 43.9 Å². The number of imide groups is 2. The van der Waals surface area contributed by atoms with E-state index < -0.39 is 17.8 Å². The topological polar surface area (TPSA) is 74.1 Å². The van der Waals surface area contributed by atoms with Gasteiger partial charge in [-0.2, -0.15) is 0 Å². The lowest BCUT2D eigenvalue weighted by molar-refractivity contribution is -0.144. The lowest BCUT2D eigenvalue weighted by Gasteiger charge is -2.24. The van der Waals surface area contributed by atoms with E-state index in [1.807, 2.05) is 43.1 Å².